The molecule has 0 spiro atoms. The molecule has 2 amide bonds. The number of ether oxygens (including phenoxy) is 1. The van der Waals surface area contributed by atoms with Crippen LogP contribution in [0.3, 0.4) is 0 Å². The standard InChI is InChI=1S/C19H29N3O3/c1-14(20-18(24)19(2,3)4)17(23)22-11-9-21(10-12-22)15-7-6-8-16(13-15)25-5/h6-8,13-14H,9-12H2,1-5H3,(H,20,24). The number of carbonyl (C=O) groups is 2. The van der Waals surface area contributed by atoms with Gasteiger partial charge in [-0.05, 0) is 19.1 Å². The minimum absolute atomic E-state index is 0.0251. The van der Waals surface area contributed by atoms with Crippen LogP contribution < -0.4 is 15.0 Å². The average molecular weight is 347 g/mol. The lowest BCUT2D eigenvalue weighted by atomic mass is 9.95. The Morgan fingerprint density at radius 1 is 1.16 bits per heavy atom. The summed E-state index contributed by atoms with van der Waals surface area (Å²) in [4.78, 5) is 28.7. The lowest BCUT2D eigenvalue weighted by Crippen LogP contribution is -2.55. The van der Waals surface area contributed by atoms with Crippen LogP contribution in [-0.2, 0) is 9.59 Å². The van der Waals surface area contributed by atoms with Gasteiger partial charge in [-0.2, -0.15) is 0 Å². The molecule has 2 rings (SSSR count). The Morgan fingerprint density at radius 3 is 2.36 bits per heavy atom. The number of benzene rings is 1. The first-order valence-corrected chi connectivity index (χ1v) is 8.71. The number of hydrogen-bond acceptors (Lipinski definition) is 4. The molecule has 138 valence electrons. The zero-order valence-electron chi connectivity index (χ0n) is 15.8. The van der Waals surface area contributed by atoms with E-state index in [9.17, 15) is 9.59 Å². The summed E-state index contributed by atoms with van der Waals surface area (Å²) in [7, 11) is 1.66. The highest BCUT2D eigenvalue weighted by Crippen LogP contribution is 2.22. The predicted molar refractivity (Wildman–Crippen MR) is 98.8 cm³/mol. The van der Waals surface area contributed by atoms with Crippen LogP contribution in [0.25, 0.3) is 0 Å². The highest BCUT2D eigenvalue weighted by molar-refractivity contribution is 5.89. The molecule has 1 aliphatic rings. The molecule has 1 N–H and O–H groups in total. The zero-order valence-corrected chi connectivity index (χ0v) is 15.8. The second-order valence-electron chi connectivity index (χ2n) is 7.46. The lowest BCUT2D eigenvalue weighted by Gasteiger charge is -2.37. The Morgan fingerprint density at radius 2 is 1.80 bits per heavy atom. The van der Waals surface area contributed by atoms with Crippen molar-refractivity contribution in [3.05, 3.63) is 24.3 Å². The van der Waals surface area contributed by atoms with Crippen molar-refractivity contribution < 1.29 is 14.3 Å². The molecule has 1 heterocycles. The molecule has 6 nitrogen and oxygen atoms in total. The third-order valence-corrected chi connectivity index (χ3v) is 4.41. The number of nitrogens with zero attached hydrogens (tertiary/aromatic N) is 2. The maximum atomic E-state index is 12.6. The Bertz CT molecular complexity index is 617. The molecule has 1 fully saturated rings. The van der Waals surface area contributed by atoms with Crippen LogP contribution >= 0.6 is 0 Å². The minimum Gasteiger partial charge on any atom is -0.497 e. The lowest BCUT2D eigenvalue weighted by molar-refractivity contribution is -0.138. The zero-order chi connectivity index (χ0) is 18.6. The fraction of sp³-hybridized carbons (Fsp3) is 0.579. The van der Waals surface area contributed by atoms with Crippen LogP contribution in [0.5, 0.6) is 5.75 Å². The Kier molecular flexibility index (Phi) is 5.93. The minimum atomic E-state index is -0.505. The van der Waals surface area contributed by atoms with E-state index in [2.05, 4.69) is 10.2 Å². The van der Waals surface area contributed by atoms with Crippen LogP contribution in [0.1, 0.15) is 27.7 Å². The van der Waals surface area contributed by atoms with E-state index in [0.717, 1.165) is 24.5 Å². The Hall–Kier alpha value is -2.24. The van der Waals surface area contributed by atoms with Crippen molar-refractivity contribution in [2.45, 2.75) is 33.7 Å². The molecular formula is C19H29N3O3. The molecule has 1 saturated heterocycles. The second kappa shape index (κ2) is 7.76. The first-order chi connectivity index (χ1) is 11.7. The molecule has 0 aliphatic carbocycles. The quantitative estimate of drug-likeness (QED) is 0.904. The van der Waals surface area contributed by atoms with Gasteiger partial charge in [-0.1, -0.05) is 26.8 Å². The average Bonchev–Trinajstić information content (AvgIpc) is 2.60. The number of nitrogens with one attached hydrogen (secondary N) is 1. The van der Waals surface area contributed by atoms with Crippen molar-refractivity contribution in [2.24, 2.45) is 5.41 Å². The third kappa shape index (κ3) is 4.87. The predicted octanol–water partition coefficient (Wildman–Crippen LogP) is 1.89. The third-order valence-electron chi connectivity index (χ3n) is 4.41. The molecule has 25 heavy (non-hydrogen) atoms. The number of carbonyl (C=O) groups excluding carboxylic acids is 2. The van der Waals surface area contributed by atoms with E-state index in [0.29, 0.717) is 13.1 Å². The smallest absolute Gasteiger partial charge is 0.244 e. The monoisotopic (exact) mass is 347 g/mol. The van der Waals surface area contributed by atoms with E-state index < -0.39 is 11.5 Å². The highest BCUT2D eigenvalue weighted by atomic mass is 16.5. The summed E-state index contributed by atoms with van der Waals surface area (Å²) in [6.07, 6.45) is 0. The molecule has 0 bridgehead atoms. The fourth-order valence-electron chi connectivity index (χ4n) is 2.74. The fourth-order valence-corrected chi connectivity index (χ4v) is 2.74. The molecule has 1 aromatic rings. The van der Waals surface area contributed by atoms with Gasteiger partial charge in [0.2, 0.25) is 11.8 Å². The van der Waals surface area contributed by atoms with Gasteiger partial charge < -0.3 is 19.9 Å². The van der Waals surface area contributed by atoms with Crippen LogP contribution in [0.4, 0.5) is 5.69 Å². The number of hydrogen-bond donors (Lipinski definition) is 1. The highest BCUT2D eigenvalue weighted by Gasteiger charge is 2.29. The summed E-state index contributed by atoms with van der Waals surface area (Å²) < 4.78 is 5.27. The topological polar surface area (TPSA) is 61.9 Å². The van der Waals surface area contributed by atoms with Crippen molar-refractivity contribution >= 4 is 17.5 Å². The van der Waals surface area contributed by atoms with Crippen LogP contribution in [0.2, 0.25) is 0 Å². The van der Waals surface area contributed by atoms with Gasteiger partial charge in [0.1, 0.15) is 11.8 Å². The SMILES string of the molecule is COc1cccc(N2CCN(C(=O)C(C)NC(=O)C(C)(C)C)CC2)c1. The van der Waals surface area contributed by atoms with E-state index in [4.69, 9.17) is 4.74 Å². The van der Waals surface area contributed by atoms with Gasteiger partial charge in [-0.3, -0.25) is 9.59 Å². The van der Waals surface area contributed by atoms with E-state index in [1.165, 1.54) is 0 Å². The first kappa shape index (κ1) is 19.1. The number of amides is 2. The van der Waals surface area contributed by atoms with Gasteiger partial charge in [0.15, 0.2) is 0 Å². The molecule has 0 radical (unpaired) electrons. The molecular weight excluding hydrogens is 318 g/mol. The maximum absolute atomic E-state index is 12.6. The largest absolute Gasteiger partial charge is 0.497 e. The first-order valence-electron chi connectivity index (χ1n) is 8.71. The summed E-state index contributed by atoms with van der Waals surface area (Å²) >= 11 is 0. The molecule has 0 saturated carbocycles. The van der Waals surface area contributed by atoms with Gasteiger partial charge in [-0.15, -0.1) is 0 Å². The Balaban J connectivity index is 1.90. The molecule has 1 aromatic carbocycles. The number of methoxy groups -OCH3 is 1. The van der Waals surface area contributed by atoms with Crippen LogP contribution in [0, 0.1) is 5.41 Å². The molecule has 1 atom stereocenters. The molecule has 6 heteroatoms. The number of anilines is 1. The Labute approximate surface area is 150 Å². The molecule has 1 unspecified atom stereocenters. The van der Waals surface area contributed by atoms with Gasteiger partial charge in [0.05, 0.1) is 7.11 Å². The van der Waals surface area contributed by atoms with E-state index >= 15 is 0 Å². The van der Waals surface area contributed by atoms with Crippen molar-refractivity contribution in [2.75, 3.05) is 38.2 Å². The van der Waals surface area contributed by atoms with Gasteiger partial charge in [-0.25, -0.2) is 0 Å². The maximum Gasteiger partial charge on any atom is 0.244 e. The van der Waals surface area contributed by atoms with Crippen LogP contribution in [0.15, 0.2) is 24.3 Å². The van der Waals surface area contributed by atoms with Crippen molar-refractivity contribution in [3.63, 3.8) is 0 Å². The summed E-state index contributed by atoms with van der Waals surface area (Å²) in [5.74, 6) is 0.695. The number of rotatable bonds is 4. The van der Waals surface area contributed by atoms with Gasteiger partial charge >= 0.3 is 0 Å². The van der Waals surface area contributed by atoms with Gasteiger partial charge in [0.25, 0.3) is 0 Å². The van der Waals surface area contributed by atoms with Crippen molar-refractivity contribution in [3.8, 4) is 5.75 Å². The van der Waals surface area contributed by atoms with Crippen molar-refractivity contribution in [1.82, 2.24) is 10.2 Å². The number of piperazine rings is 1. The van der Waals surface area contributed by atoms with E-state index in [-0.39, 0.29) is 11.8 Å². The normalized spacial score (nSPS) is 16.4. The second-order valence-corrected chi connectivity index (χ2v) is 7.46. The molecule has 1 aliphatic heterocycles. The summed E-state index contributed by atoms with van der Waals surface area (Å²) in [6, 6.07) is 7.43. The van der Waals surface area contributed by atoms with Crippen molar-refractivity contribution in [1.29, 1.82) is 0 Å². The summed E-state index contributed by atoms with van der Waals surface area (Å²) in [5, 5.41) is 2.81. The van der Waals surface area contributed by atoms with E-state index in [1.54, 1.807) is 14.0 Å². The summed E-state index contributed by atoms with van der Waals surface area (Å²) in [5.41, 5.74) is 0.597. The van der Waals surface area contributed by atoms with Gasteiger partial charge in [0, 0.05) is 43.3 Å². The van der Waals surface area contributed by atoms with Crippen LogP contribution in [-0.4, -0.2) is 56.0 Å². The molecule has 0 aromatic heterocycles. The summed E-state index contributed by atoms with van der Waals surface area (Å²) in [6.45, 7) is 10.1. The van der Waals surface area contributed by atoms with E-state index in [1.807, 2.05) is 49.9 Å².